The lowest BCUT2D eigenvalue weighted by Gasteiger charge is -2.64. The molecule has 0 aliphatic heterocycles. The third-order valence-electron chi connectivity index (χ3n) is 8.03. The molecule has 0 bridgehead atoms. The summed E-state index contributed by atoms with van der Waals surface area (Å²) in [4.78, 5) is 0. The van der Waals surface area contributed by atoms with E-state index in [9.17, 15) is 15.3 Å². The molecule has 28 heavy (non-hydrogen) atoms. The van der Waals surface area contributed by atoms with Crippen LogP contribution >= 0.6 is 0 Å². The number of hydrogen-bond acceptors (Lipinski definition) is 5. The van der Waals surface area contributed by atoms with E-state index in [1.54, 1.807) is 6.07 Å². The maximum Gasteiger partial charge on any atom is 0.164 e. The summed E-state index contributed by atoms with van der Waals surface area (Å²) in [7, 11) is 3.02. The molecular formula is C23H36O5. The molecule has 5 heteroatoms. The van der Waals surface area contributed by atoms with Gasteiger partial charge in [-0.15, -0.1) is 0 Å². The second kappa shape index (κ2) is 7.10. The van der Waals surface area contributed by atoms with Gasteiger partial charge in [-0.2, -0.15) is 0 Å². The lowest BCUT2D eigenvalue weighted by molar-refractivity contribution is -0.253. The lowest BCUT2D eigenvalue weighted by atomic mass is 9.43. The predicted octanol–water partition coefficient (Wildman–Crippen LogP) is 4.44. The van der Waals surface area contributed by atoms with E-state index in [2.05, 4.69) is 20.8 Å². The van der Waals surface area contributed by atoms with Crippen LogP contribution in [0.5, 0.6) is 17.2 Å². The zero-order valence-corrected chi connectivity index (χ0v) is 18.1. The van der Waals surface area contributed by atoms with Crippen molar-refractivity contribution in [2.45, 2.75) is 71.5 Å². The van der Waals surface area contributed by atoms with E-state index in [1.165, 1.54) is 20.3 Å². The van der Waals surface area contributed by atoms with Crippen molar-refractivity contribution in [1.82, 2.24) is 0 Å². The molecule has 0 aromatic heterocycles. The van der Waals surface area contributed by atoms with Crippen LogP contribution in [0.25, 0.3) is 0 Å². The van der Waals surface area contributed by atoms with E-state index in [0.29, 0.717) is 17.4 Å². The molecule has 0 spiro atoms. The van der Waals surface area contributed by atoms with Crippen molar-refractivity contribution in [3.63, 3.8) is 0 Å². The molecule has 2 fully saturated rings. The summed E-state index contributed by atoms with van der Waals surface area (Å²) in [5.74, 6) is 0.943. The highest BCUT2D eigenvalue weighted by molar-refractivity contribution is 5.51. The quantitative estimate of drug-likeness (QED) is 0.706. The van der Waals surface area contributed by atoms with Gasteiger partial charge in [0, 0.05) is 17.0 Å². The number of ether oxygens (including phenoxy) is 2. The molecule has 0 amide bonds. The van der Waals surface area contributed by atoms with Gasteiger partial charge in [-0.25, -0.2) is 0 Å². The van der Waals surface area contributed by atoms with Gasteiger partial charge in [0.2, 0.25) is 0 Å². The van der Waals surface area contributed by atoms with E-state index in [4.69, 9.17) is 9.47 Å². The van der Waals surface area contributed by atoms with Crippen LogP contribution in [0.2, 0.25) is 0 Å². The fourth-order valence-electron chi connectivity index (χ4n) is 6.43. The highest BCUT2D eigenvalue weighted by Crippen LogP contribution is 2.65. The van der Waals surface area contributed by atoms with Crippen LogP contribution in [0.15, 0.2) is 12.1 Å². The number of aliphatic hydroxyl groups is 2. The Morgan fingerprint density at radius 2 is 1.64 bits per heavy atom. The van der Waals surface area contributed by atoms with Gasteiger partial charge in [0.05, 0.1) is 14.2 Å². The van der Waals surface area contributed by atoms with E-state index in [0.717, 1.165) is 32.1 Å². The minimum absolute atomic E-state index is 0.0911. The molecule has 2 aliphatic rings. The van der Waals surface area contributed by atoms with E-state index >= 15 is 0 Å². The van der Waals surface area contributed by atoms with E-state index < -0.39 is 17.1 Å². The SMILES string of the molecule is COc1cc(O)c(C(O)[C@@]2(O)[C@H](C)CC[C@H]3C(C)(C)CCC[C@@]32C)cc1OC. The van der Waals surface area contributed by atoms with Crippen molar-refractivity contribution in [2.24, 2.45) is 22.7 Å². The number of phenolic OH excluding ortho intramolecular Hbond substituents is 1. The van der Waals surface area contributed by atoms with Crippen molar-refractivity contribution >= 4 is 0 Å². The number of phenols is 1. The number of aliphatic hydroxyl groups excluding tert-OH is 1. The van der Waals surface area contributed by atoms with Crippen molar-refractivity contribution in [1.29, 1.82) is 0 Å². The van der Waals surface area contributed by atoms with Crippen molar-refractivity contribution in [3.8, 4) is 17.2 Å². The first-order chi connectivity index (χ1) is 13.0. The highest BCUT2D eigenvalue weighted by atomic mass is 16.5. The number of methoxy groups -OCH3 is 2. The normalized spacial score (nSPS) is 35.7. The summed E-state index contributed by atoms with van der Waals surface area (Å²) in [5.41, 5.74) is -1.38. The summed E-state index contributed by atoms with van der Waals surface area (Å²) in [6, 6.07) is 3.03. The molecule has 5 atom stereocenters. The van der Waals surface area contributed by atoms with Crippen LogP contribution in [0.4, 0.5) is 0 Å². The molecule has 0 radical (unpaired) electrons. The largest absolute Gasteiger partial charge is 0.507 e. The van der Waals surface area contributed by atoms with Gasteiger partial charge in [0.25, 0.3) is 0 Å². The zero-order valence-electron chi connectivity index (χ0n) is 18.1. The number of hydrogen-bond donors (Lipinski definition) is 3. The molecule has 1 aromatic carbocycles. The van der Waals surface area contributed by atoms with Gasteiger partial charge in [0.1, 0.15) is 17.5 Å². The van der Waals surface area contributed by atoms with Gasteiger partial charge in [0.15, 0.2) is 11.5 Å². The van der Waals surface area contributed by atoms with Crippen LogP contribution in [-0.4, -0.2) is 35.1 Å². The zero-order chi connectivity index (χ0) is 20.9. The number of fused-ring (bicyclic) bond motifs is 1. The first-order valence-electron chi connectivity index (χ1n) is 10.4. The van der Waals surface area contributed by atoms with Crippen LogP contribution in [0, 0.1) is 22.7 Å². The van der Waals surface area contributed by atoms with Crippen LogP contribution in [-0.2, 0) is 0 Å². The van der Waals surface area contributed by atoms with Gasteiger partial charge < -0.3 is 24.8 Å². The summed E-state index contributed by atoms with van der Waals surface area (Å²) in [6.45, 7) is 8.72. The molecule has 3 N–H and O–H groups in total. The Bertz CT molecular complexity index is 730. The predicted molar refractivity (Wildman–Crippen MR) is 109 cm³/mol. The average Bonchev–Trinajstić information content (AvgIpc) is 2.64. The Morgan fingerprint density at radius 1 is 1.04 bits per heavy atom. The minimum atomic E-state index is -1.34. The third-order valence-corrected chi connectivity index (χ3v) is 8.03. The fraction of sp³-hybridized carbons (Fsp3) is 0.739. The lowest BCUT2D eigenvalue weighted by Crippen LogP contribution is -2.64. The van der Waals surface area contributed by atoms with Crippen molar-refractivity contribution in [3.05, 3.63) is 17.7 Å². The van der Waals surface area contributed by atoms with E-state index in [1.807, 2.05) is 6.92 Å². The Morgan fingerprint density at radius 3 is 2.25 bits per heavy atom. The molecule has 158 valence electrons. The second-order valence-corrected chi connectivity index (χ2v) is 9.78. The number of benzene rings is 1. The topological polar surface area (TPSA) is 79.2 Å². The monoisotopic (exact) mass is 392 g/mol. The summed E-state index contributed by atoms with van der Waals surface area (Å²) in [6.07, 6.45) is 3.72. The Balaban J connectivity index is 2.12. The Hall–Kier alpha value is -1.46. The average molecular weight is 393 g/mol. The molecule has 5 nitrogen and oxygen atoms in total. The van der Waals surface area contributed by atoms with Crippen LogP contribution < -0.4 is 9.47 Å². The number of rotatable bonds is 4. The molecule has 2 aliphatic carbocycles. The minimum Gasteiger partial charge on any atom is -0.507 e. The Kier molecular flexibility index (Phi) is 5.39. The van der Waals surface area contributed by atoms with Crippen LogP contribution in [0.3, 0.4) is 0 Å². The third kappa shape index (κ3) is 2.89. The van der Waals surface area contributed by atoms with Crippen molar-refractivity contribution in [2.75, 3.05) is 14.2 Å². The van der Waals surface area contributed by atoms with Crippen LogP contribution in [0.1, 0.15) is 71.5 Å². The van der Waals surface area contributed by atoms with E-state index in [-0.39, 0.29) is 22.6 Å². The maximum absolute atomic E-state index is 12.1. The molecule has 0 heterocycles. The fourth-order valence-corrected chi connectivity index (χ4v) is 6.43. The molecule has 1 unspecified atom stereocenters. The molecule has 2 saturated carbocycles. The smallest absolute Gasteiger partial charge is 0.164 e. The first-order valence-corrected chi connectivity index (χ1v) is 10.4. The van der Waals surface area contributed by atoms with Gasteiger partial charge >= 0.3 is 0 Å². The molecule has 0 saturated heterocycles. The Labute approximate surface area is 168 Å². The molecule has 3 rings (SSSR count). The standard InChI is InChI=1S/C23H36O5/c1-14-8-9-19-21(2,3)10-7-11-22(19,4)23(14,26)20(25)15-12-17(27-5)18(28-6)13-16(15)24/h12-14,19-20,24-26H,7-11H2,1-6H3/t14-,19+,20?,22+,23+/m1/s1. The van der Waals surface area contributed by atoms with Crippen molar-refractivity contribution < 1.29 is 24.8 Å². The molecular weight excluding hydrogens is 356 g/mol. The first kappa shape index (κ1) is 21.3. The van der Waals surface area contributed by atoms with Gasteiger partial charge in [-0.05, 0) is 49.0 Å². The summed E-state index contributed by atoms with van der Waals surface area (Å²) < 4.78 is 10.6. The van der Waals surface area contributed by atoms with Gasteiger partial charge in [-0.3, -0.25) is 0 Å². The maximum atomic E-state index is 12.1. The summed E-state index contributed by atoms with van der Waals surface area (Å²) >= 11 is 0. The highest BCUT2D eigenvalue weighted by Gasteiger charge is 2.64. The summed E-state index contributed by atoms with van der Waals surface area (Å²) in [5, 5.41) is 34.3. The number of aromatic hydroxyl groups is 1. The second-order valence-electron chi connectivity index (χ2n) is 9.78. The van der Waals surface area contributed by atoms with Gasteiger partial charge in [-0.1, -0.05) is 34.1 Å². The molecule has 1 aromatic rings.